The van der Waals surface area contributed by atoms with E-state index in [2.05, 4.69) is 10.3 Å². The third-order valence-electron chi connectivity index (χ3n) is 4.41. The van der Waals surface area contributed by atoms with Crippen LogP contribution in [-0.4, -0.2) is 25.1 Å². The summed E-state index contributed by atoms with van der Waals surface area (Å²) in [6, 6.07) is 19.2. The number of benzene rings is 2. The molecule has 148 valence electrons. The number of carbonyl (C=O) groups is 1. The van der Waals surface area contributed by atoms with E-state index in [-0.39, 0.29) is 5.91 Å². The predicted molar refractivity (Wildman–Crippen MR) is 116 cm³/mol. The lowest BCUT2D eigenvalue weighted by Gasteiger charge is -2.12. The number of aryl methyl sites for hydroxylation is 1. The van der Waals surface area contributed by atoms with Crippen LogP contribution in [0.3, 0.4) is 0 Å². The molecule has 1 heterocycles. The number of aromatic nitrogens is 1. The Morgan fingerprint density at radius 3 is 2.62 bits per heavy atom. The number of nitrogens with zero attached hydrogens (tertiary/aromatic N) is 1. The second-order valence-electron chi connectivity index (χ2n) is 6.41. The largest absolute Gasteiger partial charge is 0.493 e. The standard InChI is InChI=1S/C24H24N2O3/c1-28-22-11-6-8-19(24(22)29-2)13-15-23(27)26-21-10-5-7-18(17-21)12-14-20-9-3-4-16-25-20/h3-12,14,16-17H,13,15H2,1-2H3,(H,26,27). The number of hydrogen-bond acceptors (Lipinski definition) is 4. The topological polar surface area (TPSA) is 60.5 Å². The van der Waals surface area contributed by atoms with Gasteiger partial charge in [-0.05, 0) is 54.0 Å². The van der Waals surface area contributed by atoms with E-state index in [1.165, 1.54) is 0 Å². The first-order chi connectivity index (χ1) is 14.2. The number of pyridine rings is 1. The summed E-state index contributed by atoms with van der Waals surface area (Å²) >= 11 is 0. The third-order valence-corrected chi connectivity index (χ3v) is 4.41. The average molecular weight is 388 g/mol. The van der Waals surface area contributed by atoms with Gasteiger partial charge in [0.05, 0.1) is 19.9 Å². The first-order valence-electron chi connectivity index (χ1n) is 9.38. The first-order valence-corrected chi connectivity index (χ1v) is 9.38. The number of anilines is 1. The van der Waals surface area contributed by atoms with Gasteiger partial charge in [0, 0.05) is 18.3 Å². The molecule has 3 aromatic rings. The molecule has 0 spiro atoms. The summed E-state index contributed by atoms with van der Waals surface area (Å²) in [5.41, 5.74) is 3.57. The van der Waals surface area contributed by atoms with Gasteiger partial charge in [-0.3, -0.25) is 9.78 Å². The summed E-state index contributed by atoms with van der Waals surface area (Å²) < 4.78 is 10.7. The Hall–Kier alpha value is -3.60. The van der Waals surface area contributed by atoms with Crippen molar-refractivity contribution in [2.24, 2.45) is 0 Å². The molecule has 0 radical (unpaired) electrons. The van der Waals surface area contributed by atoms with Crippen molar-refractivity contribution in [2.75, 3.05) is 19.5 Å². The Kier molecular flexibility index (Phi) is 7.00. The molecular weight excluding hydrogens is 364 g/mol. The van der Waals surface area contributed by atoms with Crippen LogP contribution in [0.4, 0.5) is 5.69 Å². The van der Waals surface area contributed by atoms with Crippen molar-refractivity contribution in [3.63, 3.8) is 0 Å². The molecule has 0 bridgehead atoms. The maximum Gasteiger partial charge on any atom is 0.224 e. The van der Waals surface area contributed by atoms with E-state index >= 15 is 0 Å². The molecule has 1 amide bonds. The zero-order valence-corrected chi connectivity index (χ0v) is 16.6. The van der Waals surface area contributed by atoms with Gasteiger partial charge in [-0.25, -0.2) is 0 Å². The van der Waals surface area contributed by atoms with Gasteiger partial charge in [-0.2, -0.15) is 0 Å². The van der Waals surface area contributed by atoms with E-state index in [1.54, 1.807) is 20.4 Å². The smallest absolute Gasteiger partial charge is 0.224 e. The molecule has 1 aromatic heterocycles. The fourth-order valence-electron chi connectivity index (χ4n) is 3.00. The van der Waals surface area contributed by atoms with E-state index in [4.69, 9.17) is 9.47 Å². The lowest BCUT2D eigenvalue weighted by Crippen LogP contribution is -2.12. The molecule has 0 atom stereocenters. The molecule has 5 nitrogen and oxygen atoms in total. The number of rotatable bonds is 8. The summed E-state index contributed by atoms with van der Waals surface area (Å²) in [6.07, 6.45) is 6.58. The van der Waals surface area contributed by atoms with E-state index < -0.39 is 0 Å². The Balaban J connectivity index is 1.61. The van der Waals surface area contributed by atoms with Crippen LogP contribution < -0.4 is 14.8 Å². The molecule has 0 unspecified atom stereocenters. The highest BCUT2D eigenvalue weighted by Crippen LogP contribution is 2.31. The molecule has 1 N–H and O–H groups in total. The SMILES string of the molecule is COc1cccc(CCC(=O)Nc2cccc(C=Cc3ccccn3)c2)c1OC. The Morgan fingerprint density at radius 2 is 1.86 bits per heavy atom. The van der Waals surface area contributed by atoms with E-state index in [9.17, 15) is 4.79 Å². The minimum absolute atomic E-state index is 0.0549. The zero-order chi connectivity index (χ0) is 20.5. The molecule has 0 aliphatic carbocycles. The van der Waals surface area contributed by atoms with Crippen molar-refractivity contribution in [1.29, 1.82) is 0 Å². The van der Waals surface area contributed by atoms with Crippen LogP contribution in [0.2, 0.25) is 0 Å². The molecule has 0 aliphatic heterocycles. The molecule has 0 saturated carbocycles. The maximum absolute atomic E-state index is 12.4. The highest BCUT2D eigenvalue weighted by atomic mass is 16.5. The quantitative estimate of drug-likeness (QED) is 0.600. The van der Waals surface area contributed by atoms with Gasteiger partial charge < -0.3 is 14.8 Å². The average Bonchev–Trinajstić information content (AvgIpc) is 2.77. The van der Waals surface area contributed by atoms with Gasteiger partial charge >= 0.3 is 0 Å². The van der Waals surface area contributed by atoms with Crippen LogP contribution in [0.1, 0.15) is 23.2 Å². The Bertz CT molecular complexity index is 984. The summed E-state index contributed by atoms with van der Waals surface area (Å²) in [6.45, 7) is 0. The van der Waals surface area contributed by atoms with Gasteiger partial charge in [0.1, 0.15) is 0 Å². The van der Waals surface area contributed by atoms with Crippen molar-refractivity contribution in [2.45, 2.75) is 12.8 Å². The van der Waals surface area contributed by atoms with Crippen LogP contribution in [-0.2, 0) is 11.2 Å². The van der Waals surface area contributed by atoms with Crippen LogP contribution in [0, 0.1) is 0 Å². The van der Waals surface area contributed by atoms with Crippen molar-refractivity contribution < 1.29 is 14.3 Å². The summed E-state index contributed by atoms with van der Waals surface area (Å²) in [7, 11) is 3.20. The highest BCUT2D eigenvalue weighted by molar-refractivity contribution is 5.91. The minimum atomic E-state index is -0.0549. The zero-order valence-electron chi connectivity index (χ0n) is 16.6. The monoisotopic (exact) mass is 388 g/mol. The first kappa shape index (κ1) is 20.1. The summed E-state index contributed by atoms with van der Waals surface area (Å²) in [5, 5.41) is 2.96. The molecule has 29 heavy (non-hydrogen) atoms. The maximum atomic E-state index is 12.4. The fraction of sp³-hybridized carbons (Fsp3) is 0.167. The normalized spacial score (nSPS) is 10.7. The van der Waals surface area contributed by atoms with Gasteiger partial charge in [0.2, 0.25) is 5.91 Å². The van der Waals surface area contributed by atoms with Gasteiger partial charge in [-0.1, -0.05) is 36.4 Å². The highest BCUT2D eigenvalue weighted by Gasteiger charge is 2.11. The number of carbonyl (C=O) groups excluding carboxylic acids is 1. The predicted octanol–water partition coefficient (Wildman–Crippen LogP) is 4.84. The second kappa shape index (κ2) is 10.1. The number of hydrogen-bond donors (Lipinski definition) is 1. The van der Waals surface area contributed by atoms with Crippen molar-refractivity contribution in [3.8, 4) is 11.5 Å². The molecule has 5 heteroatoms. The number of amides is 1. The molecule has 3 rings (SSSR count). The van der Waals surface area contributed by atoms with Crippen LogP contribution in [0.25, 0.3) is 12.2 Å². The van der Waals surface area contributed by atoms with Crippen LogP contribution in [0.5, 0.6) is 11.5 Å². The number of methoxy groups -OCH3 is 2. The minimum Gasteiger partial charge on any atom is -0.493 e. The number of nitrogens with one attached hydrogen (secondary N) is 1. The second-order valence-corrected chi connectivity index (χ2v) is 6.41. The van der Waals surface area contributed by atoms with Gasteiger partial charge in [-0.15, -0.1) is 0 Å². The molecule has 0 aliphatic rings. The molecule has 0 saturated heterocycles. The third kappa shape index (κ3) is 5.69. The van der Waals surface area contributed by atoms with Crippen LogP contribution in [0.15, 0.2) is 66.9 Å². The lowest BCUT2D eigenvalue weighted by molar-refractivity contribution is -0.116. The molecule has 0 fully saturated rings. The summed E-state index contributed by atoms with van der Waals surface area (Å²) in [5.74, 6) is 1.28. The Morgan fingerprint density at radius 1 is 1.00 bits per heavy atom. The number of ether oxygens (including phenoxy) is 2. The number of para-hydroxylation sites is 1. The lowest BCUT2D eigenvalue weighted by atomic mass is 10.1. The fourth-order valence-corrected chi connectivity index (χ4v) is 3.00. The molecule has 2 aromatic carbocycles. The van der Waals surface area contributed by atoms with E-state index in [0.717, 1.165) is 22.5 Å². The van der Waals surface area contributed by atoms with Crippen molar-refractivity contribution >= 4 is 23.7 Å². The van der Waals surface area contributed by atoms with Crippen molar-refractivity contribution in [1.82, 2.24) is 4.98 Å². The van der Waals surface area contributed by atoms with E-state index in [1.807, 2.05) is 72.8 Å². The summed E-state index contributed by atoms with van der Waals surface area (Å²) in [4.78, 5) is 16.7. The van der Waals surface area contributed by atoms with Gasteiger partial charge in [0.15, 0.2) is 11.5 Å². The van der Waals surface area contributed by atoms with Crippen molar-refractivity contribution in [3.05, 3.63) is 83.7 Å². The van der Waals surface area contributed by atoms with E-state index in [0.29, 0.717) is 24.3 Å². The van der Waals surface area contributed by atoms with Gasteiger partial charge in [0.25, 0.3) is 0 Å². The Labute approximate surface area is 171 Å². The molecular formula is C24H24N2O3. The van der Waals surface area contributed by atoms with Crippen LogP contribution >= 0.6 is 0 Å².